The molecule has 0 aliphatic heterocycles. The van der Waals surface area contributed by atoms with Gasteiger partial charge in [-0.25, -0.2) is 0 Å². The monoisotopic (exact) mass is 314 g/mol. The third-order valence-electron chi connectivity index (χ3n) is 4.81. The normalized spacial score (nSPS) is 13.5. The molecule has 0 nitrogen and oxygen atoms in total. The molecule has 0 N–H and O–H groups in total. The standard InChI is InChI=1S/C24H26/c1-18-14-19(2)16-23(15-18)24(22-12-8-5-9-13-22)17-20(3)21-10-6-4-7-11-21/h4-16,20,24H,17H2,1-3H3. The van der Waals surface area contributed by atoms with Gasteiger partial charge in [-0.05, 0) is 42.9 Å². The Morgan fingerprint density at radius 2 is 1.12 bits per heavy atom. The average Bonchev–Trinajstić information content (AvgIpc) is 2.60. The van der Waals surface area contributed by atoms with Crippen molar-refractivity contribution in [3.63, 3.8) is 0 Å². The smallest absolute Gasteiger partial charge is 0.00952 e. The van der Waals surface area contributed by atoms with Crippen molar-refractivity contribution in [2.24, 2.45) is 0 Å². The highest BCUT2D eigenvalue weighted by Gasteiger charge is 2.19. The van der Waals surface area contributed by atoms with E-state index in [9.17, 15) is 0 Å². The van der Waals surface area contributed by atoms with Crippen LogP contribution in [0, 0.1) is 13.8 Å². The van der Waals surface area contributed by atoms with Gasteiger partial charge in [0.15, 0.2) is 0 Å². The van der Waals surface area contributed by atoms with E-state index in [-0.39, 0.29) is 0 Å². The highest BCUT2D eigenvalue weighted by atomic mass is 14.2. The van der Waals surface area contributed by atoms with Crippen LogP contribution in [-0.2, 0) is 0 Å². The Hall–Kier alpha value is -2.34. The van der Waals surface area contributed by atoms with Gasteiger partial charge in [-0.3, -0.25) is 0 Å². The van der Waals surface area contributed by atoms with Crippen molar-refractivity contribution in [3.05, 3.63) is 107 Å². The number of rotatable bonds is 5. The molecule has 0 radical (unpaired) electrons. The number of benzene rings is 3. The van der Waals surface area contributed by atoms with Crippen LogP contribution in [0.2, 0.25) is 0 Å². The van der Waals surface area contributed by atoms with Crippen molar-refractivity contribution >= 4 is 0 Å². The van der Waals surface area contributed by atoms with E-state index in [2.05, 4.69) is 99.6 Å². The molecule has 0 heteroatoms. The van der Waals surface area contributed by atoms with Gasteiger partial charge in [-0.15, -0.1) is 0 Å². The molecule has 2 unspecified atom stereocenters. The first-order valence-electron chi connectivity index (χ1n) is 8.81. The van der Waals surface area contributed by atoms with Crippen LogP contribution in [0.3, 0.4) is 0 Å². The van der Waals surface area contributed by atoms with Crippen molar-refractivity contribution < 1.29 is 0 Å². The Bertz CT molecular complexity index is 751. The molecule has 3 aromatic carbocycles. The van der Waals surface area contributed by atoms with E-state index in [0.29, 0.717) is 11.8 Å². The largest absolute Gasteiger partial charge is 0.0622 e. The Labute approximate surface area is 146 Å². The predicted octanol–water partition coefficient (Wildman–Crippen LogP) is 6.63. The van der Waals surface area contributed by atoms with E-state index in [1.165, 1.54) is 27.8 Å². The SMILES string of the molecule is Cc1cc(C)cc(C(CC(C)c2ccccc2)c2ccccc2)c1. The summed E-state index contributed by atoms with van der Waals surface area (Å²) >= 11 is 0. The van der Waals surface area contributed by atoms with Crippen LogP contribution in [0.4, 0.5) is 0 Å². The molecule has 0 spiro atoms. The molecular weight excluding hydrogens is 288 g/mol. The molecule has 122 valence electrons. The fourth-order valence-corrected chi connectivity index (χ4v) is 3.63. The number of hydrogen-bond acceptors (Lipinski definition) is 0. The molecule has 0 aliphatic carbocycles. The van der Waals surface area contributed by atoms with Crippen LogP contribution < -0.4 is 0 Å². The summed E-state index contributed by atoms with van der Waals surface area (Å²) < 4.78 is 0. The van der Waals surface area contributed by atoms with Crippen LogP contribution in [-0.4, -0.2) is 0 Å². The maximum atomic E-state index is 2.35. The summed E-state index contributed by atoms with van der Waals surface area (Å²) in [5.74, 6) is 0.956. The maximum absolute atomic E-state index is 2.35. The fourth-order valence-electron chi connectivity index (χ4n) is 3.63. The molecule has 2 atom stereocenters. The van der Waals surface area contributed by atoms with Gasteiger partial charge >= 0.3 is 0 Å². The van der Waals surface area contributed by atoms with Crippen molar-refractivity contribution in [2.45, 2.75) is 39.0 Å². The number of hydrogen-bond donors (Lipinski definition) is 0. The highest BCUT2D eigenvalue weighted by Crippen LogP contribution is 2.35. The van der Waals surface area contributed by atoms with E-state index in [0.717, 1.165) is 6.42 Å². The second kappa shape index (κ2) is 7.49. The van der Waals surface area contributed by atoms with Crippen LogP contribution in [0.15, 0.2) is 78.9 Å². The molecule has 0 amide bonds. The third-order valence-corrected chi connectivity index (χ3v) is 4.81. The summed E-state index contributed by atoms with van der Waals surface area (Å²) in [5, 5.41) is 0. The zero-order valence-electron chi connectivity index (χ0n) is 14.9. The van der Waals surface area contributed by atoms with Crippen molar-refractivity contribution in [1.82, 2.24) is 0 Å². The van der Waals surface area contributed by atoms with Crippen molar-refractivity contribution in [1.29, 1.82) is 0 Å². The number of aryl methyl sites for hydroxylation is 2. The lowest BCUT2D eigenvalue weighted by atomic mass is 9.81. The predicted molar refractivity (Wildman–Crippen MR) is 104 cm³/mol. The van der Waals surface area contributed by atoms with E-state index < -0.39 is 0 Å². The molecule has 0 aliphatic rings. The van der Waals surface area contributed by atoms with Crippen molar-refractivity contribution in [2.75, 3.05) is 0 Å². The van der Waals surface area contributed by atoms with Gasteiger partial charge in [-0.2, -0.15) is 0 Å². The Kier molecular flexibility index (Phi) is 5.15. The molecule has 0 saturated carbocycles. The Morgan fingerprint density at radius 3 is 1.67 bits per heavy atom. The molecule has 3 rings (SSSR count). The van der Waals surface area contributed by atoms with Gasteiger partial charge in [0, 0.05) is 5.92 Å². The second-order valence-electron chi connectivity index (χ2n) is 6.93. The van der Waals surface area contributed by atoms with Gasteiger partial charge in [-0.1, -0.05) is 96.9 Å². The molecule has 0 heterocycles. The van der Waals surface area contributed by atoms with Crippen LogP contribution in [0.1, 0.15) is 53.0 Å². The lowest BCUT2D eigenvalue weighted by Crippen LogP contribution is -2.07. The fraction of sp³-hybridized carbons (Fsp3) is 0.250. The van der Waals surface area contributed by atoms with E-state index in [1.54, 1.807) is 0 Å². The first-order valence-corrected chi connectivity index (χ1v) is 8.81. The Balaban J connectivity index is 1.96. The van der Waals surface area contributed by atoms with Crippen LogP contribution >= 0.6 is 0 Å². The molecular formula is C24H26. The average molecular weight is 314 g/mol. The summed E-state index contributed by atoms with van der Waals surface area (Å²) in [4.78, 5) is 0. The highest BCUT2D eigenvalue weighted by molar-refractivity contribution is 5.38. The zero-order valence-corrected chi connectivity index (χ0v) is 14.9. The lowest BCUT2D eigenvalue weighted by Gasteiger charge is -2.23. The summed E-state index contributed by atoms with van der Waals surface area (Å²) in [7, 11) is 0. The lowest BCUT2D eigenvalue weighted by molar-refractivity contribution is 0.616. The second-order valence-corrected chi connectivity index (χ2v) is 6.93. The molecule has 24 heavy (non-hydrogen) atoms. The topological polar surface area (TPSA) is 0 Å². The summed E-state index contributed by atoms with van der Waals surface area (Å²) in [6.45, 7) is 6.73. The maximum Gasteiger partial charge on any atom is 0.00952 e. The quantitative estimate of drug-likeness (QED) is 0.496. The van der Waals surface area contributed by atoms with E-state index in [4.69, 9.17) is 0 Å². The van der Waals surface area contributed by atoms with E-state index in [1.807, 2.05) is 0 Å². The minimum atomic E-state index is 0.431. The summed E-state index contributed by atoms with van der Waals surface area (Å²) in [6.07, 6.45) is 1.12. The molecule has 3 aromatic rings. The minimum absolute atomic E-state index is 0.431. The van der Waals surface area contributed by atoms with Gasteiger partial charge < -0.3 is 0 Å². The van der Waals surface area contributed by atoms with Crippen molar-refractivity contribution in [3.8, 4) is 0 Å². The minimum Gasteiger partial charge on any atom is -0.0622 e. The summed E-state index contributed by atoms with van der Waals surface area (Å²) in [5.41, 5.74) is 6.95. The van der Waals surface area contributed by atoms with Crippen LogP contribution in [0.5, 0.6) is 0 Å². The van der Waals surface area contributed by atoms with Gasteiger partial charge in [0.05, 0.1) is 0 Å². The molecule has 0 saturated heterocycles. The van der Waals surface area contributed by atoms with Gasteiger partial charge in [0.1, 0.15) is 0 Å². The van der Waals surface area contributed by atoms with Crippen LogP contribution in [0.25, 0.3) is 0 Å². The van der Waals surface area contributed by atoms with Gasteiger partial charge in [0.25, 0.3) is 0 Å². The van der Waals surface area contributed by atoms with Gasteiger partial charge in [0.2, 0.25) is 0 Å². The molecule has 0 bridgehead atoms. The molecule has 0 aromatic heterocycles. The molecule has 0 fully saturated rings. The van der Waals surface area contributed by atoms with E-state index >= 15 is 0 Å². The summed E-state index contributed by atoms with van der Waals surface area (Å²) in [6, 6.07) is 28.7. The Morgan fingerprint density at radius 1 is 0.625 bits per heavy atom. The first kappa shape index (κ1) is 16.5. The zero-order chi connectivity index (χ0) is 16.9. The first-order chi connectivity index (χ1) is 11.6. The third kappa shape index (κ3) is 3.94.